The highest BCUT2D eigenvalue weighted by Gasteiger charge is 2.54. The molecule has 6 atom stereocenters. The fourth-order valence-corrected chi connectivity index (χ4v) is 9.58. The maximum atomic E-state index is 11.4. The lowest BCUT2D eigenvalue weighted by Gasteiger charge is -2.47. The molecule has 1 aromatic heterocycles. The molecule has 0 amide bonds. The SMILES string of the molecule is C=C1/C(=C\C=C2/CCC[C@]3(C)[C@@H](C(C)(C)/C=C/[C@H](O)C4(c5ncc(CCCC)s5)CC4)CC[C@@H]23)C[C@@H](O)C[C@@H]1O. The van der Waals surface area contributed by atoms with Crippen LogP contribution in [0.1, 0.15) is 108 Å². The molecule has 4 nitrogen and oxygen atoms in total. The quantitative estimate of drug-likeness (QED) is 0.270. The van der Waals surface area contributed by atoms with Crippen LogP contribution in [0.4, 0.5) is 0 Å². The number of thiazole rings is 1. The predicted octanol–water partition coefficient (Wildman–Crippen LogP) is 7.60. The summed E-state index contributed by atoms with van der Waals surface area (Å²) in [5.74, 6) is 1.10. The molecule has 0 unspecified atom stereocenters. The van der Waals surface area contributed by atoms with Crippen molar-refractivity contribution in [3.05, 3.63) is 63.7 Å². The molecule has 4 aliphatic rings. The Kier molecular flexibility index (Phi) is 8.70. The van der Waals surface area contributed by atoms with Crippen molar-refractivity contribution in [2.45, 2.75) is 128 Å². The second kappa shape index (κ2) is 11.6. The third-order valence-corrected chi connectivity index (χ3v) is 12.2. The van der Waals surface area contributed by atoms with Crippen LogP contribution >= 0.6 is 11.3 Å². The van der Waals surface area contributed by atoms with Gasteiger partial charge < -0.3 is 15.3 Å². The summed E-state index contributed by atoms with van der Waals surface area (Å²) < 4.78 is 0. The summed E-state index contributed by atoms with van der Waals surface area (Å²) in [7, 11) is 0. The molecule has 220 valence electrons. The standard InChI is InChI=1S/C35H51NO3S/c1-6-7-10-27-22-36-32(40-27)35(18-19-35)31(39)15-17-33(3,4)30-14-13-28-24(9-8-16-34(28,30)5)11-12-25-20-26(37)21-29(38)23(25)2/h11-12,15,17,22,26,28-31,37-39H,2,6-10,13-14,16,18-21H2,1,3-5H3/b17-15+,24-11+,25-12-/t26-,28+,29+,30-,31+,34+/m1/s1. The van der Waals surface area contributed by atoms with Gasteiger partial charge in [-0.25, -0.2) is 4.98 Å². The Morgan fingerprint density at radius 3 is 2.70 bits per heavy atom. The number of hydrogen-bond acceptors (Lipinski definition) is 5. The van der Waals surface area contributed by atoms with E-state index in [0.717, 1.165) is 41.8 Å². The molecule has 4 aliphatic carbocycles. The first-order valence-electron chi connectivity index (χ1n) is 15.8. The van der Waals surface area contributed by atoms with E-state index < -0.39 is 18.3 Å². The van der Waals surface area contributed by atoms with Crippen LogP contribution in [0.25, 0.3) is 0 Å². The van der Waals surface area contributed by atoms with Crippen molar-refractivity contribution >= 4 is 11.3 Å². The van der Waals surface area contributed by atoms with E-state index in [1.807, 2.05) is 17.5 Å². The summed E-state index contributed by atoms with van der Waals surface area (Å²) in [6.45, 7) is 13.6. The fraction of sp³-hybridized carbons (Fsp3) is 0.686. The molecule has 1 heterocycles. The topological polar surface area (TPSA) is 73.6 Å². The van der Waals surface area contributed by atoms with Gasteiger partial charge >= 0.3 is 0 Å². The molecular formula is C35H51NO3S. The van der Waals surface area contributed by atoms with Crippen molar-refractivity contribution in [3.8, 4) is 0 Å². The van der Waals surface area contributed by atoms with Crippen LogP contribution in [0.3, 0.4) is 0 Å². The molecule has 5 rings (SSSR count). The molecule has 0 bridgehead atoms. The molecule has 0 aromatic carbocycles. The lowest BCUT2D eigenvalue weighted by Crippen LogP contribution is -2.39. The summed E-state index contributed by atoms with van der Waals surface area (Å²) in [6, 6.07) is 0. The number of fused-ring (bicyclic) bond motifs is 1. The normalized spacial score (nSPS) is 35.0. The van der Waals surface area contributed by atoms with Crippen LogP contribution in [0.5, 0.6) is 0 Å². The van der Waals surface area contributed by atoms with Crippen molar-refractivity contribution in [2.75, 3.05) is 0 Å². The molecule has 4 fully saturated rings. The minimum Gasteiger partial charge on any atom is -0.393 e. The number of aryl methyl sites for hydroxylation is 1. The first-order chi connectivity index (χ1) is 19.0. The van der Waals surface area contributed by atoms with Gasteiger partial charge in [0.1, 0.15) is 5.01 Å². The van der Waals surface area contributed by atoms with Crippen molar-refractivity contribution in [2.24, 2.45) is 22.7 Å². The fourth-order valence-electron chi connectivity index (χ4n) is 8.34. The minimum atomic E-state index is -0.641. The second-order valence-electron chi connectivity index (χ2n) is 14.1. The largest absolute Gasteiger partial charge is 0.393 e. The monoisotopic (exact) mass is 565 g/mol. The van der Waals surface area contributed by atoms with E-state index in [0.29, 0.717) is 24.7 Å². The van der Waals surface area contributed by atoms with Gasteiger partial charge in [0.2, 0.25) is 0 Å². The highest BCUT2D eigenvalue weighted by molar-refractivity contribution is 7.11. The van der Waals surface area contributed by atoms with Crippen molar-refractivity contribution in [1.29, 1.82) is 0 Å². The highest BCUT2D eigenvalue weighted by Crippen LogP contribution is 2.62. The first kappa shape index (κ1) is 29.9. The van der Waals surface area contributed by atoms with Crippen LogP contribution < -0.4 is 0 Å². The molecule has 5 heteroatoms. The van der Waals surface area contributed by atoms with Crippen LogP contribution in [0.2, 0.25) is 0 Å². The average Bonchev–Trinajstić information content (AvgIpc) is 3.43. The molecule has 0 radical (unpaired) electrons. The Labute approximate surface area is 246 Å². The highest BCUT2D eigenvalue weighted by atomic mass is 32.1. The number of aromatic nitrogens is 1. The van der Waals surface area contributed by atoms with Gasteiger partial charge in [0.25, 0.3) is 0 Å². The summed E-state index contributed by atoms with van der Waals surface area (Å²) in [6.07, 6.45) is 21.7. The Hall–Kier alpha value is -1.53. The lowest BCUT2D eigenvalue weighted by molar-refractivity contribution is 0.0706. The van der Waals surface area contributed by atoms with E-state index >= 15 is 0 Å². The molecule has 0 saturated heterocycles. The lowest BCUT2D eigenvalue weighted by atomic mass is 9.57. The van der Waals surface area contributed by atoms with Gasteiger partial charge in [0.05, 0.1) is 23.7 Å². The summed E-state index contributed by atoms with van der Waals surface area (Å²) in [5, 5.41) is 33.0. The average molecular weight is 566 g/mol. The third kappa shape index (κ3) is 5.73. The van der Waals surface area contributed by atoms with Gasteiger partial charge in [-0.05, 0) is 98.0 Å². The first-order valence-corrected chi connectivity index (χ1v) is 16.6. The predicted molar refractivity (Wildman–Crippen MR) is 165 cm³/mol. The van der Waals surface area contributed by atoms with E-state index in [9.17, 15) is 15.3 Å². The van der Waals surface area contributed by atoms with Crippen LogP contribution in [-0.4, -0.2) is 38.6 Å². The zero-order chi connectivity index (χ0) is 28.7. The Morgan fingerprint density at radius 1 is 1.20 bits per heavy atom. The molecule has 3 N–H and O–H groups in total. The van der Waals surface area contributed by atoms with Crippen LogP contribution in [0.15, 0.2) is 53.8 Å². The zero-order valence-corrected chi connectivity index (χ0v) is 26.0. The smallest absolute Gasteiger partial charge is 0.102 e. The maximum Gasteiger partial charge on any atom is 0.102 e. The molecular weight excluding hydrogens is 514 g/mol. The maximum absolute atomic E-state index is 11.4. The number of aliphatic hydroxyl groups excluding tert-OH is 3. The van der Waals surface area contributed by atoms with Gasteiger partial charge in [0, 0.05) is 17.5 Å². The number of unbranched alkanes of at least 4 members (excludes halogenated alkanes) is 1. The molecule has 0 spiro atoms. The molecule has 1 aromatic rings. The molecule has 40 heavy (non-hydrogen) atoms. The van der Waals surface area contributed by atoms with E-state index in [4.69, 9.17) is 4.98 Å². The summed E-state index contributed by atoms with van der Waals surface area (Å²) in [4.78, 5) is 6.11. The summed E-state index contributed by atoms with van der Waals surface area (Å²) >= 11 is 1.81. The van der Waals surface area contributed by atoms with E-state index in [2.05, 4.69) is 58.6 Å². The van der Waals surface area contributed by atoms with Gasteiger partial charge in [-0.3, -0.25) is 0 Å². The van der Waals surface area contributed by atoms with Crippen molar-refractivity contribution < 1.29 is 15.3 Å². The Balaban J connectivity index is 1.30. The number of rotatable bonds is 9. The van der Waals surface area contributed by atoms with E-state index in [1.165, 1.54) is 49.0 Å². The second-order valence-corrected chi connectivity index (χ2v) is 15.2. The Bertz CT molecular complexity index is 1170. The van der Waals surface area contributed by atoms with Gasteiger partial charge in [-0.15, -0.1) is 11.3 Å². The van der Waals surface area contributed by atoms with Gasteiger partial charge in [-0.2, -0.15) is 0 Å². The minimum absolute atomic E-state index is 0.0114. The molecule has 0 aliphatic heterocycles. The third-order valence-electron chi connectivity index (χ3n) is 10.9. The zero-order valence-electron chi connectivity index (χ0n) is 25.2. The summed E-state index contributed by atoms with van der Waals surface area (Å²) in [5.41, 5.74) is 3.31. The van der Waals surface area contributed by atoms with Crippen molar-refractivity contribution in [1.82, 2.24) is 4.98 Å². The van der Waals surface area contributed by atoms with Gasteiger partial charge in [-0.1, -0.05) is 70.6 Å². The number of aliphatic hydroxyl groups is 3. The number of allylic oxidation sites excluding steroid dienone is 4. The van der Waals surface area contributed by atoms with Crippen LogP contribution in [-0.2, 0) is 11.8 Å². The van der Waals surface area contributed by atoms with Crippen LogP contribution in [0, 0.1) is 22.7 Å². The molecule has 4 saturated carbocycles. The van der Waals surface area contributed by atoms with E-state index in [-0.39, 0.29) is 16.2 Å². The van der Waals surface area contributed by atoms with Gasteiger partial charge in [0.15, 0.2) is 0 Å². The number of nitrogens with zero attached hydrogens (tertiary/aromatic N) is 1. The Morgan fingerprint density at radius 2 is 1.98 bits per heavy atom. The number of hydrogen-bond donors (Lipinski definition) is 3. The van der Waals surface area contributed by atoms with E-state index in [1.54, 1.807) is 0 Å². The van der Waals surface area contributed by atoms with Crippen molar-refractivity contribution in [3.63, 3.8) is 0 Å².